The zero-order valence-corrected chi connectivity index (χ0v) is 34.7. The van der Waals surface area contributed by atoms with Crippen molar-refractivity contribution in [3.63, 3.8) is 0 Å². The highest BCUT2D eigenvalue weighted by Gasteiger charge is 2.61. The van der Waals surface area contributed by atoms with Gasteiger partial charge in [-0.2, -0.15) is 0 Å². The predicted molar refractivity (Wildman–Crippen MR) is 255 cm³/mol. The summed E-state index contributed by atoms with van der Waals surface area (Å²) in [5.41, 5.74) is 18.5. The van der Waals surface area contributed by atoms with Crippen molar-refractivity contribution in [1.82, 2.24) is 9.97 Å². The minimum absolute atomic E-state index is 0.0774. The summed E-state index contributed by atoms with van der Waals surface area (Å²) in [6.45, 7) is 0. The molecule has 2 nitrogen and oxygen atoms in total. The molecule has 1 spiro atoms. The second-order valence-corrected chi connectivity index (χ2v) is 18.5. The summed E-state index contributed by atoms with van der Waals surface area (Å²) >= 11 is 0. The maximum absolute atomic E-state index is 5.37. The van der Waals surface area contributed by atoms with Crippen molar-refractivity contribution in [2.45, 2.75) is 37.5 Å². The van der Waals surface area contributed by atoms with Crippen molar-refractivity contribution in [3.8, 4) is 78.4 Å². The van der Waals surface area contributed by atoms with E-state index in [0.717, 1.165) is 45.7 Å². The fraction of sp³-hybridized carbons (Fsp3) is 0.167. The van der Waals surface area contributed by atoms with Crippen LogP contribution in [0.3, 0.4) is 0 Å². The highest BCUT2D eigenvalue weighted by molar-refractivity contribution is 6.02. The number of aromatic nitrogens is 2. The number of nitrogens with zero attached hydrogens (tertiary/aromatic N) is 2. The first-order chi connectivity index (χ1) is 30.7. The Labute approximate surface area is 364 Å². The maximum atomic E-state index is 5.37. The molecule has 0 saturated heterocycles. The smallest absolute Gasteiger partial charge is 0.160 e. The molecule has 0 radical (unpaired) electrons. The molecule has 4 fully saturated rings. The molecule has 1 heterocycles. The quantitative estimate of drug-likeness (QED) is 0.168. The topological polar surface area (TPSA) is 25.8 Å². The van der Waals surface area contributed by atoms with E-state index < -0.39 is 0 Å². The van der Waals surface area contributed by atoms with Crippen molar-refractivity contribution >= 4 is 10.8 Å². The lowest BCUT2D eigenvalue weighted by Crippen LogP contribution is -2.55. The van der Waals surface area contributed by atoms with E-state index in [2.05, 4.69) is 194 Å². The average Bonchev–Trinajstić information content (AvgIpc) is 3.62. The van der Waals surface area contributed by atoms with E-state index in [4.69, 9.17) is 9.97 Å². The third-order valence-corrected chi connectivity index (χ3v) is 15.3. The van der Waals surface area contributed by atoms with Crippen molar-refractivity contribution in [2.24, 2.45) is 23.7 Å². The molecule has 2 heteroatoms. The largest absolute Gasteiger partial charge is 0.228 e. The second-order valence-electron chi connectivity index (χ2n) is 18.5. The van der Waals surface area contributed by atoms with E-state index in [1.54, 1.807) is 11.1 Å². The molecule has 8 aromatic carbocycles. The lowest BCUT2D eigenvalue weighted by atomic mass is 9.43. The highest BCUT2D eigenvalue weighted by Crippen LogP contribution is 2.70. The third-order valence-electron chi connectivity index (χ3n) is 15.3. The van der Waals surface area contributed by atoms with E-state index in [1.807, 2.05) is 0 Å². The van der Waals surface area contributed by atoms with E-state index in [0.29, 0.717) is 11.8 Å². The van der Waals surface area contributed by atoms with Gasteiger partial charge < -0.3 is 0 Å². The van der Waals surface area contributed by atoms with Crippen LogP contribution in [-0.4, -0.2) is 9.97 Å². The van der Waals surface area contributed by atoms with Crippen molar-refractivity contribution < 1.29 is 0 Å². The summed E-state index contributed by atoms with van der Waals surface area (Å²) < 4.78 is 0. The monoisotopic (exact) mass is 794 g/mol. The third kappa shape index (κ3) is 5.49. The molecule has 296 valence electrons. The van der Waals surface area contributed by atoms with Gasteiger partial charge in [0.1, 0.15) is 0 Å². The molecule has 4 saturated carbocycles. The number of rotatable bonds is 6. The zero-order chi connectivity index (χ0) is 40.8. The van der Waals surface area contributed by atoms with E-state index in [1.165, 1.54) is 87.4 Å². The maximum Gasteiger partial charge on any atom is 0.160 e. The normalized spacial score (nSPS) is 21.6. The Morgan fingerprint density at radius 3 is 1.56 bits per heavy atom. The number of hydrogen-bond donors (Lipinski definition) is 0. The predicted octanol–water partition coefficient (Wildman–Crippen LogP) is 15.4. The second kappa shape index (κ2) is 14.1. The summed E-state index contributed by atoms with van der Waals surface area (Å²) in [4.78, 5) is 10.6. The van der Waals surface area contributed by atoms with Crippen LogP contribution in [0.4, 0.5) is 0 Å². The van der Waals surface area contributed by atoms with Crippen LogP contribution in [0.5, 0.6) is 0 Å². The Hall–Kier alpha value is -6.90. The molecule has 1 aromatic heterocycles. The molecule has 0 atom stereocenters. The van der Waals surface area contributed by atoms with Gasteiger partial charge in [-0.3, -0.25) is 0 Å². The summed E-state index contributed by atoms with van der Waals surface area (Å²) in [6, 6.07) is 71.4. The van der Waals surface area contributed by atoms with Gasteiger partial charge in [0.2, 0.25) is 0 Å². The highest BCUT2D eigenvalue weighted by atomic mass is 14.9. The van der Waals surface area contributed by atoms with Crippen molar-refractivity contribution in [3.05, 3.63) is 205 Å². The van der Waals surface area contributed by atoms with Crippen molar-refractivity contribution in [1.29, 1.82) is 0 Å². The molecule has 9 aromatic rings. The Morgan fingerprint density at radius 1 is 0.339 bits per heavy atom. The first-order valence-electron chi connectivity index (χ1n) is 22.7. The molecule has 0 aliphatic heterocycles. The molecule has 14 rings (SSSR count). The molecular formula is C60H46N2. The van der Waals surface area contributed by atoms with Gasteiger partial charge in [0.15, 0.2) is 5.82 Å². The van der Waals surface area contributed by atoms with Gasteiger partial charge in [-0.1, -0.05) is 170 Å². The summed E-state index contributed by atoms with van der Waals surface area (Å²) in [7, 11) is 0. The lowest BCUT2D eigenvalue weighted by Gasteiger charge is -2.61. The fourth-order valence-corrected chi connectivity index (χ4v) is 13.0. The van der Waals surface area contributed by atoms with Gasteiger partial charge >= 0.3 is 0 Å². The van der Waals surface area contributed by atoms with Crippen LogP contribution < -0.4 is 0 Å². The Bertz CT molecular complexity index is 3170. The van der Waals surface area contributed by atoms with Gasteiger partial charge in [0.05, 0.1) is 11.4 Å². The van der Waals surface area contributed by atoms with Crippen LogP contribution in [-0.2, 0) is 5.41 Å². The Balaban J connectivity index is 1.00. The Kier molecular flexibility index (Phi) is 8.13. The summed E-state index contributed by atoms with van der Waals surface area (Å²) in [6.07, 6.45) is 6.93. The number of hydrogen-bond acceptors (Lipinski definition) is 2. The van der Waals surface area contributed by atoms with Crippen molar-refractivity contribution in [2.75, 3.05) is 0 Å². The van der Waals surface area contributed by atoms with Gasteiger partial charge in [-0.25, -0.2) is 9.97 Å². The molecule has 0 N–H and O–H groups in total. The summed E-state index contributed by atoms with van der Waals surface area (Å²) in [5.74, 6) is 3.91. The Morgan fingerprint density at radius 2 is 0.855 bits per heavy atom. The van der Waals surface area contributed by atoms with Crippen LogP contribution in [0, 0.1) is 23.7 Å². The first kappa shape index (κ1) is 35.8. The molecule has 62 heavy (non-hydrogen) atoms. The molecule has 5 aliphatic rings. The van der Waals surface area contributed by atoms with Gasteiger partial charge in [-0.15, -0.1) is 0 Å². The average molecular weight is 795 g/mol. The van der Waals surface area contributed by atoms with Gasteiger partial charge in [0.25, 0.3) is 0 Å². The SMILES string of the molecule is c1ccc(-c2cccc(-c3cc(-c4ccccc4-c4ccccc4-c4cccc5c4-c4cc6ccccc6cc4C54C5CC6CC(C5)CC4C6)nc(-c4ccccc4)n3)c2)cc1. The van der Waals surface area contributed by atoms with E-state index >= 15 is 0 Å². The van der Waals surface area contributed by atoms with Gasteiger partial charge in [0, 0.05) is 22.1 Å². The van der Waals surface area contributed by atoms with Crippen LogP contribution >= 0.6 is 0 Å². The summed E-state index contributed by atoms with van der Waals surface area (Å²) in [5, 5.41) is 2.70. The van der Waals surface area contributed by atoms with Crippen LogP contribution in [0.25, 0.3) is 89.2 Å². The molecule has 4 bridgehead atoms. The number of benzene rings is 8. The molecule has 5 aliphatic carbocycles. The first-order valence-corrected chi connectivity index (χ1v) is 22.7. The fourth-order valence-electron chi connectivity index (χ4n) is 13.0. The zero-order valence-electron chi connectivity index (χ0n) is 34.7. The minimum atomic E-state index is 0.0774. The van der Waals surface area contributed by atoms with Crippen LogP contribution in [0.15, 0.2) is 194 Å². The lowest BCUT2D eigenvalue weighted by molar-refractivity contribution is -0.0398. The molecular weight excluding hydrogens is 749 g/mol. The number of fused-ring (bicyclic) bond motifs is 4. The standard InChI is InChI=1S/C60H46N2/c1-3-15-40(16-4-1)42-21-13-22-45(34-42)56-37-57(62-59(61-56)41-17-5-2-6-18-41)51-26-12-11-24-49(51)48-23-9-10-25-50(48)52-27-14-28-54-58(52)53-35-43-19-7-8-20-44(43)36-55(53)60(54)46-30-38-29-39(32-46)33-47(60)31-38/h1-28,34-39,46-47H,29-33H2. The molecule has 0 amide bonds. The van der Waals surface area contributed by atoms with E-state index in [9.17, 15) is 0 Å². The minimum Gasteiger partial charge on any atom is -0.228 e. The molecule has 0 unspecified atom stereocenters. The van der Waals surface area contributed by atoms with Crippen LogP contribution in [0.2, 0.25) is 0 Å². The van der Waals surface area contributed by atoms with Gasteiger partial charge in [-0.05, 0) is 146 Å². The van der Waals surface area contributed by atoms with Crippen LogP contribution in [0.1, 0.15) is 43.2 Å². The van der Waals surface area contributed by atoms with E-state index in [-0.39, 0.29) is 5.41 Å².